The number of aliphatic imine (C=N–C) groups is 1. The van der Waals surface area contributed by atoms with E-state index in [9.17, 15) is 4.79 Å². The molecule has 3 heteroatoms. The Morgan fingerprint density at radius 1 is 1.28 bits per heavy atom. The van der Waals surface area contributed by atoms with Gasteiger partial charge in [0.1, 0.15) is 5.92 Å². The standard InChI is InChI=1S/C15H19NO2/c1-11-6-8-12(9-7-11)14(15(17)18-2)13-5-3-4-10-16-13/h6-9,14H,3-5,10H2,1-2H3/t14-/m0/s1. The van der Waals surface area contributed by atoms with Crippen molar-refractivity contribution in [1.82, 2.24) is 0 Å². The van der Waals surface area contributed by atoms with Gasteiger partial charge in [0.25, 0.3) is 0 Å². The predicted molar refractivity (Wildman–Crippen MR) is 72.1 cm³/mol. The van der Waals surface area contributed by atoms with Crippen LogP contribution in [0, 0.1) is 6.92 Å². The fourth-order valence-electron chi connectivity index (χ4n) is 2.30. The van der Waals surface area contributed by atoms with Crippen LogP contribution in [0.5, 0.6) is 0 Å². The van der Waals surface area contributed by atoms with Crippen LogP contribution in [0.1, 0.15) is 36.3 Å². The van der Waals surface area contributed by atoms with Crippen molar-refractivity contribution in [2.24, 2.45) is 4.99 Å². The molecule has 1 aliphatic heterocycles. The second-order valence-electron chi connectivity index (χ2n) is 4.70. The molecule has 0 bridgehead atoms. The molecule has 0 fully saturated rings. The van der Waals surface area contributed by atoms with E-state index in [0.29, 0.717) is 0 Å². The molecule has 0 amide bonds. The summed E-state index contributed by atoms with van der Waals surface area (Å²) in [4.78, 5) is 16.5. The molecule has 96 valence electrons. The molecular formula is C15H19NO2. The van der Waals surface area contributed by atoms with Crippen molar-refractivity contribution >= 4 is 11.7 Å². The van der Waals surface area contributed by atoms with Crippen LogP contribution in [0.3, 0.4) is 0 Å². The van der Waals surface area contributed by atoms with Crippen LogP contribution in [-0.2, 0) is 9.53 Å². The average molecular weight is 245 g/mol. The zero-order chi connectivity index (χ0) is 13.0. The zero-order valence-electron chi connectivity index (χ0n) is 11.0. The van der Waals surface area contributed by atoms with E-state index >= 15 is 0 Å². The van der Waals surface area contributed by atoms with Crippen LogP contribution in [0.4, 0.5) is 0 Å². The van der Waals surface area contributed by atoms with Crippen molar-refractivity contribution in [3.05, 3.63) is 35.4 Å². The van der Waals surface area contributed by atoms with E-state index in [4.69, 9.17) is 4.74 Å². The van der Waals surface area contributed by atoms with E-state index in [0.717, 1.165) is 37.1 Å². The highest BCUT2D eigenvalue weighted by molar-refractivity contribution is 6.07. The van der Waals surface area contributed by atoms with Gasteiger partial charge in [-0.1, -0.05) is 29.8 Å². The highest BCUT2D eigenvalue weighted by Gasteiger charge is 2.27. The minimum absolute atomic E-state index is 0.209. The number of rotatable bonds is 3. The molecule has 1 aromatic carbocycles. The Morgan fingerprint density at radius 2 is 2.00 bits per heavy atom. The van der Waals surface area contributed by atoms with Gasteiger partial charge in [0.2, 0.25) is 0 Å². The van der Waals surface area contributed by atoms with Gasteiger partial charge in [0, 0.05) is 12.3 Å². The predicted octanol–water partition coefficient (Wildman–Crippen LogP) is 2.88. The van der Waals surface area contributed by atoms with Crippen LogP contribution < -0.4 is 0 Å². The largest absolute Gasteiger partial charge is 0.468 e. The average Bonchev–Trinajstić information content (AvgIpc) is 2.42. The number of hydrogen-bond acceptors (Lipinski definition) is 3. The summed E-state index contributed by atoms with van der Waals surface area (Å²) in [5.41, 5.74) is 3.14. The molecule has 1 aliphatic rings. The van der Waals surface area contributed by atoms with Crippen molar-refractivity contribution in [3.8, 4) is 0 Å². The van der Waals surface area contributed by atoms with Crippen molar-refractivity contribution in [1.29, 1.82) is 0 Å². The van der Waals surface area contributed by atoms with Gasteiger partial charge < -0.3 is 4.74 Å². The summed E-state index contributed by atoms with van der Waals surface area (Å²) in [5.74, 6) is -0.532. The number of ether oxygens (including phenoxy) is 1. The van der Waals surface area contributed by atoms with Gasteiger partial charge in [-0.05, 0) is 31.7 Å². The lowest BCUT2D eigenvalue weighted by atomic mass is 9.89. The number of methoxy groups -OCH3 is 1. The van der Waals surface area contributed by atoms with Crippen LogP contribution in [0.2, 0.25) is 0 Å². The van der Waals surface area contributed by atoms with E-state index in [1.165, 1.54) is 12.7 Å². The lowest BCUT2D eigenvalue weighted by Gasteiger charge is -2.20. The maximum absolute atomic E-state index is 12.0. The Hall–Kier alpha value is -1.64. The van der Waals surface area contributed by atoms with Crippen LogP contribution in [0.25, 0.3) is 0 Å². The fourth-order valence-corrected chi connectivity index (χ4v) is 2.30. The van der Waals surface area contributed by atoms with Gasteiger partial charge in [0.05, 0.1) is 7.11 Å². The summed E-state index contributed by atoms with van der Waals surface area (Å²) >= 11 is 0. The third-order valence-corrected chi connectivity index (χ3v) is 3.34. The maximum Gasteiger partial charge on any atom is 0.318 e. The molecule has 0 spiro atoms. The van der Waals surface area contributed by atoms with Crippen molar-refractivity contribution in [2.75, 3.05) is 13.7 Å². The van der Waals surface area contributed by atoms with Gasteiger partial charge in [-0.15, -0.1) is 0 Å². The smallest absolute Gasteiger partial charge is 0.318 e. The lowest BCUT2D eigenvalue weighted by molar-refractivity contribution is -0.140. The molecular weight excluding hydrogens is 226 g/mol. The minimum atomic E-state index is -0.323. The number of esters is 1. The number of nitrogens with zero attached hydrogens (tertiary/aromatic N) is 1. The molecule has 0 N–H and O–H groups in total. The van der Waals surface area contributed by atoms with E-state index in [1.54, 1.807) is 0 Å². The molecule has 2 rings (SSSR count). The molecule has 0 unspecified atom stereocenters. The van der Waals surface area contributed by atoms with Gasteiger partial charge in [-0.2, -0.15) is 0 Å². The summed E-state index contributed by atoms with van der Waals surface area (Å²) in [7, 11) is 1.44. The molecule has 3 nitrogen and oxygen atoms in total. The Kier molecular flexibility index (Phi) is 4.13. The maximum atomic E-state index is 12.0. The molecule has 0 saturated carbocycles. The third kappa shape index (κ3) is 2.78. The van der Waals surface area contributed by atoms with E-state index in [2.05, 4.69) is 4.99 Å². The van der Waals surface area contributed by atoms with Gasteiger partial charge in [0.15, 0.2) is 0 Å². The fraction of sp³-hybridized carbons (Fsp3) is 0.467. The highest BCUT2D eigenvalue weighted by Crippen LogP contribution is 2.24. The van der Waals surface area contributed by atoms with E-state index in [-0.39, 0.29) is 11.9 Å². The molecule has 18 heavy (non-hydrogen) atoms. The quantitative estimate of drug-likeness (QED) is 0.768. The van der Waals surface area contributed by atoms with Gasteiger partial charge in [-0.3, -0.25) is 9.79 Å². The minimum Gasteiger partial charge on any atom is -0.468 e. The lowest BCUT2D eigenvalue weighted by Crippen LogP contribution is -2.25. The van der Waals surface area contributed by atoms with Crippen LogP contribution >= 0.6 is 0 Å². The second-order valence-corrected chi connectivity index (χ2v) is 4.70. The zero-order valence-corrected chi connectivity index (χ0v) is 11.0. The van der Waals surface area contributed by atoms with Gasteiger partial charge >= 0.3 is 5.97 Å². The van der Waals surface area contributed by atoms with Gasteiger partial charge in [-0.25, -0.2) is 0 Å². The summed E-state index contributed by atoms with van der Waals surface area (Å²) < 4.78 is 4.93. The first-order valence-electron chi connectivity index (χ1n) is 6.40. The second kappa shape index (κ2) is 5.80. The molecule has 0 aromatic heterocycles. The number of hydrogen-bond donors (Lipinski definition) is 0. The highest BCUT2D eigenvalue weighted by atomic mass is 16.5. The van der Waals surface area contributed by atoms with Crippen molar-refractivity contribution in [3.63, 3.8) is 0 Å². The Bertz CT molecular complexity index is 448. The first-order chi connectivity index (χ1) is 8.72. The Balaban J connectivity index is 2.33. The summed E-state index contributed by atoms with van der Waals surface area (Å²) in [5, 5.41) is 0. The number of carbonyl (C=O) groups is 1. The van der Waals surface area contributed by atoms with Crippen molar-refractivity contribution in [2.45, 2.75) is 32.1 Å². The molecule has 1 heterocycles. The monoisotopic (exact) mass is 245 g/mol. The third-order valence-electron chi connectivity index (χ3n) is 3.34. The number of aryl methyl sites for hydroxylation is 1. The SMILES string of the molecule is COC(=O)[C@H](C1=NCCCC1)c1ccc(C)cc1. The first kappa shape index (κ1) is 12.8. The van der Waals surface area contributed by atoms with Crippen LogP contribution in [-0.4, -0.2) is 25.3 Å². The molecule has 0 radical (unpaired) electrons. The normalized spacial score (nSPS) is 16.9. The first-order valence-corrected chi connectivity index (χ1v) is 6.40. The number of carbonyl (C=O) groups excluding carboxylic acids is 1. The van der Waals surface area contributed by atoms with E-state index in [1.807, 2.05) is 31.2 Å². The summed E-state index contributed by atoms with van der Waals surface area (Å²) in [6, 6.07) is 8.03. The Morgan fingerprint density at radius 3 is 2.56 bits per heavy atom. The topological polar surface area (TPSA) is 38.7 Å². The van der Waals surface area contributed by atoms with E-state index < -0.39 is 0 Å². The molecule has 0 saturated heterocycles. The van der Waals surface area contributed by atoms with Crippen LogP contribution in [0.15, 0.2) is 29.3 Å². The Labute approximate surface area is 108 Å². The molecule has 0 aliphatic carbocycles. The summed E-state index contributed by atoms with van der Waals surface area (Å²) in [6.07, 6.45) is 3.12. The molecule has 1 aromatic rings. The number of benzene rings is 1. The molecule has 1 atom stereocenters. The summed E-state index contributed by atoms with van der Waals surface area (Å²) in [6.45, 7) is 2.86. The van der Waals surface area contributed by atoms with Crippen molar-refractivity contribution < 1.29 is 9.53 Å².